The van der Waals surface area contributed by atoms with Crippen LogP contribution in [0.1, 0.15) is 17.9 Å². The van der Waals surface area contributed by atoms with Crippen molar-refractivity contribution in [2.45, 2.75) is 12.3 Å². The van der Waals surface area contributed by atoms with E-state index < -0.39 is 0 Å². The van der Waals surface area contributed by atoms with Gasteiger partial charge in [-0.2, -0.15) is 0 Å². The summed E-state index contributed by atoms with van der Waals surface area (Å²) in [6.07, 6.45) is 7.81. The van der Waals surface area contributed by atoms with E-state index in [1.54, 1.807) is 0 Å². The second-order valence-electron chi connectivity index (χ2n) is 12.5. The minimum atomic E-state index is 0.353. The summed E-state index contributed by atoms with van der Waals surface area (Å²) in [5.74, 6) is 0.353. The van der Waals surface area contributed by atoms with Gasteiger partial charge in [0, 0.05) is 34.2 Å². The number of anilines is 5. The normalized spacial score (nSPS) is 14.8. The summed E-state index contributed by atoms with van der Waals surface area (Å²) in [5.41, 5.74) is 13.4. The molecule has 228 valence electrons. The number of rotatable bonds is 6. The van der Waals surface area contributed by atoms with Crippen LogP contribution in [0.25, 0.3) is 33.0 Å². The molecule has 0 amide bonds. The molecule has 0 spiro atoms. The summed E-state index contributed by atoms with van der Waals surface area (Å²) in [6.45, 7) is 0. The van der Waals surface area contributed by atoms with Gasteiger partial charge in [-0.05, 0) is 100 Å². The van der Waals surface area contributed by atoms with E-state index >= 15 is 0 Å². The molecule has 1 heterocycles. The standard InChI is InChI=1S/C46H34N2/c1-4-17-36(18-5-1)47(37-19-6-2-7-20-37)45-30-28-34(40-25-14-16-33-15-10-11-23-39(33)40)31-43(45)35-27-29-42-41-24-12-13-26-44(41)48(46(42)32-35)38-21-8-3-9-22-38/h1-23,25-32,41H,24H2. The molecule has 0 saturated carbocycles. The lowest BCUT2D eigenvalue weighted by Gasteiger charge is -2.29. The summed E-state index contributed by atoms with van der Waals surface area (Å²) in [4.78, 5) is 4.85. The molecule has 0 aromatic heterocycles. The van der Waals surface area contributed by atoms with E-state index in [2.05, 4.69) is 198 Å². The second kappa shape index (κ2) is 11.9. The van der Waals surface area contributed by atoms with Crippen molar-refractivity contribution < 1.29 is 0 Å². The van der Waals surface area contributed by atoms with Crippen LogP contribution >= 0.6 is 0 Å². The number of allylic oxidation sites excluding steroid dienone is 4. The average Bonchev–Trinajstić information content (AvgIpc) is 3.50. The van der Waals surface area contributed by atoms with E-state index in [1.807, 2.05) is 0 Å². The third kappa shape index (κ3) is 4.82. The molecular weight excluding hydrogens is 581 g/mol. The summed E-state index contributed by atoms with van der Waals surface area (Å²) < 4.78 is 0. The quantitative estimate of drug-likeness (QED) is 0.184. The molecule has 0 bridgehead atoms. The molecular formula is C46H34N2. The Balaban J connectivity index is 1.29. The van der Waals surface area contributed by atoms with E-state index in [1.165, 1.54) is 55.7 Å². The van der Waals surface area contributed by atoms with E-state index in [9.17, 15) is 0 Å². The Kier molecular flexibility index (Phi) is 6.98. The summed E-state index contributed by atoms with van der Waals surface area (Å²) >= 11 is 0. The van der Waals surface area contributed by atoms with Gasteiger partial charge in [0.2, 0.25) is 0 Å². The highest BCUT2D eigenvalue weighted by atomic mass is 15.2. The number of hydrogen-bond donors (Lipinski definition) is 0. The molecule has 48 heavy (non-hydrogen) atoms. The Hall–Kier alpha value is -6.12. The second-order valence-corrected chi connectivity index (χ2v) is 12.5. The molecule has 1 aliphatic heterocycles. The fraction of sp³-hybridized carbons (Fsp3) is 0.0435. The Morgan fingerprint density at radius 1 is 0.542 bits per heavy atom. The first-order valence-electron chi connectivity index (χ1n) is 16.7. The van der Waals surface area contributed by atoms with Gasteiger partial charge >= 0.3 is 0 Å². The lowest BCUT2D eigenvalue weighted by molar-refractivity contribution is 0.819. The summed E-state index contributed by atoms with van der Waals surface area (Å²) in [6, 6.07) is 61.6. The zero-order valence-corrected chi connectivity index (χ0v) is 26.6. The van der Waals surface area contributed by atoms with E-state index in [-0.39, 0.29) is 0 Å². The van der Waals surface area contributed by atoms with Crippen LogP contribution < -0.4 is 9.80 Å². The highest BCUT2D eigenvalue weighted by molar-refractivity contribution is 5.99. The fourth-order valence-corrected chi connectivity index (χ4v) is 7.53. The number of para-hydroxylation sites is 3. The van der Waals surface area contributed by atoms with Crippen LogP contribution in [0.5, 0.6) is 0 Å². The van der Waals surface area contributed by atoms with Crippen LogP contribution in [0.15, 0.2) is 194 Å². The molecule has 7 aromatic rings. The molecule has 7 aromatic carbocycles. The predicted molar refractivity (Wildman–Crippen MR) is 203 cm³/mol. The Morgan fingerprint density at radius 2 is 1.19 bits per heavy atom. The topological polar surface area (TPSA) is 6.48 Å². The molecule has 0 saturated heterocycles. The van der Waals surface area contributed by atoms with Crippen molar-refractivity contribution in [3.8, 4) is 22.3 Å². The molecule has 1 unspecified atom stereocenters. The molecule has 0 N–H and O–H groups in total. The minimum Gasteiger partial charge on any atom is -0.313 e. The van der Waals surface area contributed by atoms with Crippen molar-refractivity contribution in [3.05, 3.63) is 199 Å². The van der Waals surface area contributed by atoms with Gasteiger partial charge in [-0.15, -0.1) is 0 Å². The van der Waals surface area contributed by atoms with Crippen molar-refractivity contribution in [3.63, 3.8) is 0 Å². The van der Waals surface area contributed by atoms with Crippen molar-refractivity contribution in [2.24, 2.45) is 0 Å². The van der Waals surface area contributed by atoms with E-state index in [4.69, 9.17) is 0 Å². The van der Waals surface area contributed by atoms with Crippen molar-refractivity contribution in [1.82, 2.24) is 0 Å². The smallest absolute Gasteiger partial charge is 0.0540 e. The van der Waals surface area contributed by atoms with Crippen molar-refractivity contribution in [1.29, 1.82) is 0 Å². The summed E-state index contributed by atoms with van der Waals surface area (Å²) in [5, 5.41) is 2.51. The van der Waals surface area contributed by atoms with Crippen LogP contribution in [0, 0.1) is 0 Å². The first kappa shape index (κ1) is 28.1. The maximum absolute atomic E-state index is 2.47. The van der Waals surface area contributed by atoms with Crippen LogP contribution in [0.3, 0.4) is 0 Å². The maximum atomic E-state index is 2.47. The van der Waals surface area contributed by atoms with Gasteiger partial charge in [-0.1, -0.05) is 127 Å². The molecule has 9 rings (SSSR count). The number of benzene rings is 7. The highest BCUT2D eigenvalue weighted by Gasteiger charge is 2.35. The molecule has 2 heteroatoms. The first-order valence-corrected chi connectivity index (χ1v) is 16.7. The predicted octanol–water partition coefficient (Wildman–Crippen LogP) is 12.7. The molecule has 0 fully saturated rings. The average molecular weight is 615 g/mol. The van der Waals surface area contributed by atoms with Gasteiger partial charge in [0.1, 0.15) is 0 Å². The van der Waals surface area contributed by atoms with Crippen LogP contribution in [0.4, 0.5) is 28.4 Å². The summed E-state index contributed by atoms with van der Waals surface area (Å²) in [7, 11) is 0. The molecule has 2 nitrogen and oxygen atoms in total. The largest absolute Gasteiger partial charge is 0.313 e. The lowest BCUT2D eigenvalue weighted by atomic mass is 9.90. The van der Waals surface area contributed by atoms with Gasteiger partial charge in [0.15, 0.2) is 0 Å². The third-order valence-electron chi connectivity index (χ3n) is 9.73. The Labute approximate surface area is 282 Å². The maximum Gasteiger partial charge on any atom is 0.0540 e. The zero-order chi connectivity index (χ0) is 31.9. The third-order valence-corrected chi connectivity index (χ3v) is 9.73. The van der Waals surface area contributed by atoms with Crippen LogP contribution in [-0.4, -0.2) is 0 Å². The number of nitrogens with zero attached hydrogens (tertiary/aromatic N) is 2. The van der Waals surface area contributed by atoms with Gasteiger partial charge in [0.25, 0.3) is 0 Å². The molecule has 2 aliphatic rings. The number of fused-ring (bicyclic) bond motifs is 4. The van der Waals surface area contributed by atoms with Crippen LogP contribution in [0.2, 0.25) is 0 Å². The fourth-order valence-electron chi connectivity index (χ4n) is 7.53. The lowest BCUT2D eigenvalue weighted by Crippen LogP contribution is -2.14. The van der Waals surface area contributed by atoms with Gasteiger partial charge in [-0.25, -0.2) is 0 Å². The molecule has 1 atom stereocenters. The minimum absolute atomic E-state index is 0.353. The Morgan fingerprint density at radius 3 is 1.96 bits per heavy atom. The van der Waals surface area contributed by atoms with Crippen LogP contribution in [-0.2, 0) is 0 Å². The van der Waals surface area contributed by atoms with Gasteiger partial charge < -0.3 is 9.80 Å². The van der Waals surface area contributed by atoms with Crippen molar-refractivity contribution in [2.75, 3.05) is 9.80 Å². The highest BCUT2D eigenvalue weighted by Crippen LogP contribution is 2.52. The van der Waals surface area contributed by atoms with Gasteiger partial charge in [0.05, 0.1) is 11.4 Å². The van der Waals surface area contributed by atoms with E-state index in [0.29, 0.717) is 5.92 Å². The Bertz CT molecular complexity index is 2280. The zero-order valence-electron chi connectivity index (χ0n) is 26.6. The number of hydrogen-bond acceptors (Lipinski definition) is 2. The molecule has 1 aliphatic carbocycles. The monoisotopic (exact) mass is 614 g/mol. The first-order chi connectivity index (χ1) is 23.8. The van der Waals surface area contributed by atoms with Gasteiger partial charge in [-0.3, -0.25) is 0 Å². The SMILES string of the molecule is C1=CCC2C(=C1)N(c1ccccc1)c1cc(-c3cc(-c4cccc5ccccc45)ccc3N(c3ccccc3)c3ccccc3)ccc12. The molecule has 0 radical (unpaired) electrons. The van der Waals surface area contributed by atoms with Crippen molar-refractivity contribution >= 4 is 39.2 Å². The van der Waals surface area contributed by atoms with E-state index in [0.717, 1.165) is 23.5 Å².